The van der Waals surface area contributed by atoms with Crippen LogP contribution in [0.5, 0.6) is 0 Å². The van der Waals surface area contributed by atoms with Gasteiger partial charge in [0.1, 0.15) is 0 Å². The maximum absolute atomic E-state index is 5.09. The average Bonchev–Trinajstić information content (AvgIpc) is 2.11. The summed E-state index contributed by atoms with van der Waals surface area (Å²) in [6.07, 6.45) is 2.51. The number of rotatable bonds is 3. The Morgan fingerprint density at radius 3 is 3.08 bits per heavy atom. The Kier molecular flexibility index (Phi) is 5.35. The molecule has 0 aliphatic carbocycles. The van der Waals surface area contributed by atoms with Crippen LogP contribution in [0.1, 0.15) is 19.8 Å². The first-order valence-electron chi connectivity index (χ1n) is 5.27. The Balaban J connectivity index is 2.20. The molecule has 1 unspecified atom stereocenters. The number of hydrogen-bond donors (Lipinski definition) is 1. The van der Waals surface area contributed by atoms with E-state index >= 15 is 0 Å². The average molecular weight is 186 g/mol. The molecule has 0 spiro atoms. The third-order valence-electron chi connectivity index (χ3n) is 2.63. The standard InChI is InChI=1S/C10H22N2O/c1-10-4-7-12(8-9-13-2)6-3-5-11-10/h10-11H,3-9H2,1-2H3. The van der Waals surface area contributed by atoms with Crippen LogP contribution in [0.4, 0.5) is 0 Å². The van der Waals surface area contributed by atoms with Gasteiger partial charge in [-0.15, -0.1) is 0 Å². The van der Waals surface area contributed by atoms with Gasteiger partial charge < -0.3 is 15.0 Å². The van der Waals surface area contributed by atoms with Crippen molar-refractivity contribution < 1.29 is 4.74 Å². The van der Waals surface area contributed by atoms with Gasteiger partial charge >= 0.3 is 0 Å². The minimum absolute atomic E-state index is 0.672. The van der Waals surface area contributed by atoms with Gasteiger partial charge in [-0.2, -0.15) is 0 Å². The second kappa shape index (κ2) is 6.35. The lowest BCUT2D eigenvalue weighted by molar-refractivity contribution is 0.140. The van der Waals surface area contributed by atoms with Gasteiger partial charge in [-0.25, -0.2) is 0 Å². The number of methoxy groups -OCH3 is 1. The summed E-state index contributed by atoms with van der Waals surface area (Å²) in [4.78, 5) is 2.50. The van der Waals surface area contributed by atoms with Crippen molar-refractivity contribution in [1.82, 2.24) is 10.2 Å². The molecule has 1 rings (SSSR count). The van der Waals surface area contributed by atoms with E-state index in [9.17, 15) is 0 Å². The van der Waals surface area contributed by atoms with Gasteiger partial charge in [-0.05, 0) is 39.4 Å². The highest BCUT2D eigenvalue weighted by Gasteiger charge is 2.10. The fourth-order valence-corrected chi connectivity index (χ4v) is 1.69. The molecule has 1 aliphatic heterocycles. The van der Waals surface area contributed by atoms with E-state index in [2.05, 4.69) is 17.1 Å². The zero-order valence-electron chi connectivity index (χ0n) is 8.88. The number of nitrogens with zero attached hydrogens (tertiary/aromatic N) is 1. The van der Waals surface area contributed by atoms with Crippen molar-refractivity contribution >= 4 is 0 Å². The third-order valence-corrected chi connectivity index (χ3v) is 2.63. The van der Waals surface area contributed by atoms with Gasteiger partial charge in [0.25, 0.3) is 0 Å². The van der Waals surface area contributed by atoms with Gasteiger partial charge in [0, 0.05) is 19.7 Å². The molecule has 0 saturated carbocycles. The van der Waals surface area contributed by atoms with Crippen LogP contribution in [-0.2, 0) is 4.74 Å². The molecule has 1 N–H and O–H groups in total. The SMILES string of the molecule is COCCN1CCCNC(C)CC1. The Bertz CT molecular complexity index is 128. The Morgan fingerprint density at radius 2 is 2.31 bits per heavy atom. The fourth-order valence-electron chi connectivity index (χ4n) is 1.69. The van der Waals surface area contributed by atoms with E-state index in [1.165, 1.54) is 25.9 Å². The summed E-state index contributed by atoms with van der Waals surface area (Å²) in [7, 11) is 1.77. The second-order valence-electron chi connectivity index (χ2n) is 3.83. The second-order valence-corrected chi connectivity index (χ2v) is 3.83. The highest BCUT2D eigenvalue weighted by Crippen LogP contribution is 2.01. The zero-order chi connectivity index (χ0) is 9.52. The van der Waals surface area contributed by atoms with E-state index in [-0.39, 0.29) is 0 Å². The van der Waals surface area contributed by atoms with E-state index < -0.39 is 0 Å². The van der Waals surface area contributed by atoms with Crippen LogP contribution < -0.4 is 5.32 Å². The summed E-state index contributed by atoms with van der Waals surface area (Å²) < 4.78 is 5.09. The van der Waals surface area contributed by atoms with Crippen molar-refractivity contribution in [2.75, 3.05) is 39.9 Å². The molecule has 0 aromatic carbocycles. The molecule has 0 aromatic rings. The van der Waals surface area contributed by atoms with Crippen molar-refractivity contribution in [2.45, 2.75) is 25.8 Å². The molecule has 3 nitrogen and oxygen atoms in total. The van der Waals surface area contributed by atoms with Crippen molar-refractivity contribution in [3.8, 4) is 0 Å². The zero-order valence-corrected chi connectivity index (χ0v) is 8.88. The van der Waals surface area contributed by atoms with Crippen molar-refractivity contribution in [3.63, 3.8) is 0 Å². The predicted molar refractivity (Wildman–Crippen MR) is 55.0 cm³/mol. The van der Waals surface area contributed by atoms with Crippen LogP contribution in [0.3, 0.4) is 0 Å². The minimum Gasteiger partial charge on any atom is -0.383 e. The number of ether oxygens (including phenoxy) is 1. The molecule has 1 aliphatic rings. The van der Waals surface area contributed by atoms with Crippen molar-refractivity contribution in [3.05, 3.63) is 0 Å². The molecule has 13 heavy (non-hydrogen) atoms. The fraction of sp³-hybridized carbons (Fsp3) is 1.00. The van der Waals surface area contributed by atoms with Gasteiger partial charge in [-0.1, -0.05) is 0 Å². The predicted octanol–water partition coefficient (Wildman–Crippen LogP) is 0.707. The minimum atomic E-state index is 0.672. The Labute approximate surface area is 81.4 Å². The molecule has 1 saturated heterocycles. The van der Waals surface area contributed by atoms with Gasteiger partial charge in [-0.3, -0.25) is 0 Å². The summed E-state index contributed by atoms with van der Waals surface area (Å²) in [5.74, 6) is 0. The first-order chi connectivity index (χ1) is 6.33. The maximum atomic E-state index is 5.09. The van der Waals surface area contributed by atoms with Gasteiger partial charge in [0.15, 0.2) is 0 Å². The van der Waals surface area contributed by atoms with Crippen LogP contribution in [-0.4, -0.2) is 50.8 Å². The molecule has 1 atom stereocenters. The molecular formula is C10H22N2O. The smallest absolute Gasteiger partial charge is 0.0589 e. The summed E-state index contributed by atoms with van der Waals surface area (Å²) >= 11 is 0. The third kappa shape index (κ3) is 4.60. The lowest BCUT2D eigenvalue weighted by Crippen LogP contribution is -2.39. The lowest BCUT2D eigenvalue weighted by atomic mass is 10.2. The van der Waals surface area contributed by atoms with Crippen LogP contribution in [0.25, 0.3) is 0 Å². The van der Waals surface area contributed by atoms with E-state index in [4.69, 9.17) is 4.74 Å². The monoisotopic (exact) mass is 186 g/mol. The molecule has 0 bridgehead atoms. The normalized spacial score (nSPS) is 26.8. The molecule has 0 amide bonds. The van der Waals surface area contributed by atoms with Gasteiger partial charge in [0.2, 0.25) is 0 Å². The first kappa shape index (κ1) is 11.0. The van der Waals surface area contributed by atoms with Crippen LogP contribution in [0.15, 0.2) is 0 Å². The Morgan fingerprint density at radius 1 is 1.46 bits per heavy atom. The summed E-state index contributed by atoms with van der Waals surface area (Å²) in [5.41, 5.74) is 0. The number of hydrogen-bond acceptors (Lipinski definition) is 3. The summed E-state index contributed by atoms with van der Waals surface area (Å²) in [5, 5.41) is 3.50. The molecule has 1 heterocycles. The molecule has 78 valence electrons. The van der Waals surface area contributed by atoms with Crippen LogP contribution in [0.2, 0.25) is 0 Å². The van der Waals surface area contributed by atoms with E-state index in [0.29, 0.717) is 6.04 Å². The lowest BCUT2D eigenvalue weighted by Gasteiger charge is -2.27. The molecule has 1 fully saturated rings. The van der Waals surface area contributed by atoms with Gasteiger partial charge in [0.05, 0.1) is 6.61 Å². The summed E-state index contributed by atoms with van der Waals surface area (Å²) in [6, 6.07) is 0.672. The highest BCUT2D eigenvalue weighted by atomic mass is 16.5. The Hall–Kier alpha value is -0.120. The van der Waals surface area contributed by atoms with Crippen LogP contribution >= 0.6 is 0 Å². The summed E-state index contributed by atoms with van der Waals surface area (Å²) in [6.45, 7) is 7.79. The molecular weight excluding hydrogens is 164 g/mol. The van der Waals surface area contributed by atoms with Crippen molar-refractivity contribution in [2.24, 2.45) is 0 Å². The highest BCUT2D eigenvalue weighted by molar-refractivity contribution is 4.69. The van der Waals surface area contributed by atoms with E-state index in [0.717, 1.165) is 19.7 Å². The topological polar surface area (TPSA) is 24.5 Å². The van der Waals surface area contributed by atoms with E-state index in [1.54, 1.807) is 7.11 Å². The van der Waals surface area contributed by atoms with E-state index in [1.807, 2.05) is 0 Å². The quantitative estimate of drug-likeness (QED) is 0.702. The molecule has 0 radical (unpaired) electrons. The molecule has 0 aromatic heterocycles. The van der Waals surface area contributed by atoms with Crippen molar-refractivity contribution in [1.29, 1.82) is 0 Å². The maximum Gasteiger partial charge on any atom is 0.0589 e. The first-order valence-corrected chi connectivity index (χ1v) is 5.27. The molecule has 3 heteroatoms. The number of nitrogens with one attached hydrogen (secondary N) is 1. The van der Waals surface area contributed by atoms with Crippen LogP contribution in [0, 0.1) is 0 Å². The largest absolute Gasteiger partial charge is 0.383 e.